The van der Waals surface area contributed by atoms with Crippen LogP contribution in [0.25, 0.3) is 22.1 Å². The van der Waals surface area contributed by atoms with Crippen LogP contribution in [0.5, 0.6) is 0 Å². The van der Waals surface area contributed by atoms with Gasteiger partial charge in [-0.15, -0.1) is 0 Å². The molecule has 0 bridgehead atoms. The smallest absolute Gasteiger partial charge is 0.229 e. The van der Waals surface area contributed by atoms with Crippen molar-refractivity contribution in [2.24, 2.45) is 11.3 Å². The van der Waals surface area contributed by atoms with E-state index in [-0.39, 0.29) is 11.8 Å². The van der Waals surface area contributed by atoms with Crippen molar-refractivity contribution in [3.05, 3.63) is 23.2 Å². The van der Waals surface area contributed by atoms with Crippen LogP contribution in [0.3, 0.4) is 0 Å². The van der Waals surface area contributed by atoms with Gasteiger partial charge in [0.05, 0.1) is 29.4 Å². The highest BCUT2D eigenvalue weighted by Gasteiger charge is 2.65. The van der Waals surface area contributed by atoms with Crippen molar-refractivity contribution in [2.75, 3.05) is 7.05 Å². The van der Waals surface area contributed by atoms with Gasteiger partial charge in [-0.05, 0) is 31.7 Å². The van der Waals surface area contributed by atoms with E-state index in [1.807, 2.05) is 13.0 Å². The van der Waals surface area contributed by atoms with Gasteiger partial charge in [0.1, 0.15) is 16.8 Å². The third-order valence-corrected chi connectivity index (χ3v) is 7.02. The maximum absolute atomic E-state index is 12.7. The second-order valence-corrected chi connectivity index (χ2v) is 8.37. The molecule has 3 heterocycles. The average Bonchev–Trinajstić information content (AvgIpc) is 3.41. The number of aromatic nitrogens is 4. The third kappa shape index (κ3) is 2.05. The molecule has 4 N–H and O–H groups in total. The first kappa shape index (κ1) is 17.9. The van der Waals surface area contributed by atoms with Crippen LogP contribution in [0, 0.1) is 18.3 Å². The Balaban J connectivity index is 1.71. The van der Waals surface area contributed by atoms with Crippen molar-refractivity contribution in [1.29, 1.82) is 0 Å². The summed E-state index contributed by atoms with van der Waals surface area (Å²) in [5, 5.41) is 25.7. The van der Waals surface area contributed by atoms with Gasteiger partial charge in [-0.2, -0.15) is 0 Å². The van der Waals surface area contributed by atoms with Crippen molar-refractivity contribution < 1.29 is 15.0 Å². The van der Waals surface area contributed by atoms with Gasteiger partial charge in [-0.3, -0.25) is 4.79 Å². The lowest BCUT2D eigenvalue weighted by Crippen LogP contribution is -2.48. The molecule has 2 fully saturated rings. The maximum Gasteiger partial charge on any atom is 0.229 e. The highest BCUT2D eigenvalue weighted by atomic mass is 35.5. The van der Waals surface area contributed by atoms with Crippen LogP contribution in [0.2, 0.25) is 5.15 Å². The number of nitrogens with one attached hydrogen (secondary N) is 2. The summed E-state index contributed by atoms with van der Waals surface area (Å²) in [7, 11) is 1.57. The number of pyridine rings is 1. The van der Waals surface area contributed by atoms with Gasteiger partial charge < -0.3 is 25.1 Å². The minimum Gasteiger partial charge on any atom is -0.389 e. The number of H-pyrrole nitrogens is 1. The topological polar surface area (TPSA) is 116 Å². The number of imidazole rings is 1. The highest BCUT2D eigenvalue weighted by Crippen LogP contribution is 2.59. The molecule has 8 nitrogen and oxygen atoms in total. The standard InChI is InChI=1S/C19H22ClN5O3/c1-8-6-9-11(23-8)12-17(24-16(9)20)25(7-22-12)13-10-4-3-5-19(10,18(28)21-2)15(27)14(13)26/h6-7,10,13-15,23,26-27H,3-5H2,1-2H3,(H,21,28)/t10-,13-,14+,15+,19+/m1/s1. The number of aliphatic hydroxyl groups excluding tert-OH is 2. The summed E-state index contributed by atoms with van der Waals surface area (Å²) in [4.78, 5) is 25.1. The molecule has 3 aromatic heterocycles. The summed E-state index contributed by atoms with van der Waals surface area (Å²) < 4.78 is 1.78. The summed E-state index contributed by atoms with van der Waals surface area (Å²) in [6.07, 6.45) is 1.49. The number of rotatable bonds is 2. The lowest BCUT2D eigenvalue weighted by Gasteiger charge is -2.31. The van der Waals surface area contributed by atoms with E-state index in [0.717, 1.165) is 29.4 Å². The van der Waals surface area contributed by atoms with E-state index < -0.39 is 23.7 Å². The summed E-state index contributed by atoms with van der Waals surface area (Å²) >= 11 is 6.41. The number of carbonyl (C=O) groups excluding carboxylic acids is 1. The Labute approximate surface area is 165 Å². The zero-order chi connectivity index (χ0) is 19.8. The Bertz CT molecular complexity index is 1110. The fourth-order valence-electron chi connectivity index (χ4n) is 5.59. The molecular formula is C19H22ClN5O3. The number of amides is 1. The monoisotopic (exact) mass is 403 g/mol. The molecule has 0 saturated heterocycles. The van der Waals surface area contributed by atoms with E-state index >= 15 is 0 Å². The van der Waals surface area contributed by atoms with Crippen molar-refractivity contribution >= 4 is 39.6 Å². The Morgan fingerprint density at radius 3 is 3.00 bits per heavy atom. The van der Waals surface area contributed by atoms with E-state index in [1.165, 1.54) is 0 Å². The molecule has 2 aliphatic carbocycles. The van der Waals surface area contributed by atoms with Crippen LogP contribution >= 0.6 is 11.6 Å². The molecule has 0 spiro atoms. The molecule has 0 unspecified atom stereocenters. The van der Waals surface area contributed by atoms with Crippen LogP contribution in [0.15, 0.2) is 12.4 Å². The van der Waals surface area contributed by atoms with E-state index in [1.54, 1.807) is 17.9 Å². The number of carbonyl (C=O) groups is 1. The Kier molecular flexibility index (Phi) is 3.78. The molecular weight excluding hydrogens is 382 g/mol. The Hall–Kier alpha value is -2.16. The molecule has 2 saturated carbocycles. The molecule has 9 heteroatoms. The largest absolute Gasteiger partial charge is 0.389 e. The Morgan fingerprint density at radius 2 is 2.25 bits per heavy atom. The molecule has 2 aliphatic rings. The predicted molar refractivity (Wildman–Crippen MR) is 104 cm³/mol. The quantitative estimate of drug-likeness (QED) is 0.486. The third-order valence-electron chi connectivity index (χ3n) is 6.73. The van der Waals surface area contributed by atoms with Gasteiger partial charge >= 0.3 is 0 Å². The zero-order valence-electron chi connectivity index (χ0n) is 15.6. The van der Waals surface area contributed by atoms with Gasteiger partial charge in [-0.25, -0.2) is 9.97 Å². The number of nitrogens with zero attached hydrogens (tertiary/aromatic N) is 3. The van der Waals surface area contributed by atoms with E-state index in [0.29, 0.717) is 22.7 Å². The number of fused-ring (bicyclic) bond motifs is 4. The van der Waals surface area contributed by atoms with Crippen LogP contribution in [0.1, 0.15) is 31.0 Å². The normalized spacial score (nSPS) is 32.3. The van der Waals surface area contributed by atoms with Crippen LogP contribution in [-0.2, 0) is 4.79 Å². The van der Waals surface area contributed by atoms with Gasteiger partial charge in [-0.1, -0.05) is 18.0 Å². The first-order valence-electron chi connectivity index (χ1n) is 9.50. The second kappa shape index (κ2) is 5.92. The fraction of sp³-hybridized carbons (Fsp3) is 0.526. The van der Waals surface area contributed by atoms with Crippen molar-refractivity contribution in [1.82, 2.24) is 24.8 Å². The fourth-order valence-corrected chi connectivity index (χ4v) is 5.82. The van der Waals surface area contributed by atoms with Gasteiger partial charge in [0, 0.05) is 18.1 Å². The molecule has 148 valence electrons. The lowest BCUT2D eigenvalue weighted by atomic mass is 9.77. The summed E-state index contributed by atoms with van der Waals surface area (Å²) in [5.74, 6) is -0.432. The van der Waals surface area contributed by atoms with Crippen molar-refractivity contribution in [2.45, 2.75) is 44.4 Å². The van der Waals surface area contributed by atoms with Gasteiger partial charge in [0.15, 0.2) is 5.65 Å². The molecule has 0 aliphatic heterocycles. The molecule has 28 heavy (non-hydrogen) atoms. The first-order valence-corrected chi connectivity index (χ1v) is 9.87. The molecule has 1 amide bonds. The zero-order valence-corrected chi connectivity index (χ0v) is 16.4. The number of aryl methyl sites for hydroxylation is 1. The average molecular weight is 404 g/mol. The van der Waals surface area contributed by atoms with E-state index in [9.17, 15) is 15.0 Å². The number of aliphatic hydroxyl groups is 2. The molecule has 0 aromatic carbocycles. The van der Waals surface area contributed by atoms with E-state index in [2.05, 4.69) is 20.3 Å². The number of halogens is 1. The van der Waals surface area contributed by atoms with E-state index in [4.69, 9.17) is 11.6 Å². The van der Waals surface area contributed by atoms with Crippen LogP contribution in [0.4, 0.5) is 0 Å². The summed E-state index contributed by atoms with van der Waals surface area (Å²) in [6.45, 7) is 1.94. The molecule has 5 atom stereocenters. The first-order chi connectivity index (χ1) is 13.4. The number of aromatic amines is 1. The Morgan fingerprint density at radius 1 is 1.46 bits per heavy atom. The minimum absolute atomic E-state index is 0.212. The summed E-state index contributed by atoms with van der Waals surface area (Å²) in [5.41, 5.74) is 1.95. The van der Waals surface area contributed by atoms with Gasteiger partial charge in [0.25, 0.3) is 0 Å². The lowest BCUT2D eigenvalue weighted by molar-refractivity contribution is -0.140. The van der Waals surface area contributed by atoms with Crippen LogP contribution in [-0.4, -0.2) is 54.9 Å². The predicted octanol–water partition coefficient (Wildman–Crippen LogP) is 1.68. The maximum atomic E-state index is 12.7. The minimum atomic E-state index is -1.14. The summed E-state index contributed by atoms with van der Waals surface area (Å²) in [6, 6.07) is 1.42. The van der Waals surface area contributed by atoms with Crippen LogP contribution < -0.4 is 5.32 Å². The highest BCUT2D eigenvalue weighted by molar-refractivity contribution is 6.35. The second-order valence-electron chi connectivity index (χ2n) is 8.01. The van der Waals surface area contributed by atoms with Crippen molar-refractivity contribution in [3.8, 4) is 0 Å². The molecule has 5 rings (SSSR count). The number of hydrogen-bond donors (Lipinski definition) is 4. The SMILES string of the molecule is CNC(=O)[C@@]12CCC[C@@H]1[C@@H](n1cnc3c4[nH]c(C)cc4c(Cl)nc31)[C@H](O)[C@@H]2O. The van der Waals surface area contributed by atoms with Crippen molar-refractivity contribution in [3.63, 3.8) is 0 Å². The molecule has 3 aromatic rings. The number of hydrogen-bond acceptors (Lipinski definition) is 5. The molecule has 0 radical (unpaired) electrons. The van der Waals surface area contributed by atoms with Gasteiger partial charge in [0.2, 0.25) is 5.91 Å².